The number of anilines is 1. The van der Waals surface area contributed by atoms with E-state index in [2.05, 4.69) is 18.8 Å². The topological polar surface area (TPSA) is 78.3 Å². The molecule has 0 aromatic carbocycles. The number of nitrogens with two attached hydrogens (primary N) is 1. The highest BCUT2D eigenvalue weighted by molar-refractivity contribution is 5.91. The molecule has 20 heavy (non-hydrogen) atoms. The molecule has 112 valence electrons. The summed E-state index contributed by atoms with van der Waals surface area (Å²) in [4.78, 5) is 16.2. The molecule has 1 aromatic rings. The highest BCUT2D eigenvalue weighted by atomic mass is 16.5. The van der Waals surface area contributed by atoms with E-state index in [1.807, 2.05) is 0 Å². The molecule has 0 spiro atoms. The first-order valence-electron chi connectivity index (χ1n) is 7.42. The molecule has 2 rings (SSSR count). The third-order valence-corrected chi connectivity index (χ3v) is 3.94. The summed E-state index contributed by atoms with van der Waals surface area (Å²) in [6, 6.07) is 0. The summed E-state index contributed by atoms with van der Waals surface area (Å²) < 4.78 is 10.6. The fraction of sp³-hybridized carbons (Fsp3) is 0.733. The van der Waals surface area contributed by atoms with Crippen LogP contribution >= 0.6 is 0 Å². The van der Waals surface area contributed by atoms with Crippen LogP contribution in [-0.4, -0.2) is 17.6 Å². The Bertz CT molecular complexity index is 473. The van der Waals surface area contributed by atoms with Crippen molar-refractivity contribution < 1.29 is 13.9 Å². The van der Waals surface area contributed by atoms with Crippen LogP contribution in [0, 0.1) is 5.92 Å². The van der Waals surface area contributed by atoms with Crippen molar-refractivity contribution in [3.63, 3.8) is 0 Å². The molecule has 1 aliphatic rings. The van der Waals surface area contributed by atoms with Gasteiger partial charge in [0.2, 0.25) is 17.5 Å². The normalized spacial score (nSPS) is 17.6. The second-order valence-electron chi connectivity index (χ2n) is 6.04. The van der Waals surface area contributed by atoms with Crippen molar-refractivity contribution >= 4 is 11.9 Å². The van der Waals surface area contributed by atoms with Crippen molar-refractivity contribution in [2.24, 2.45) is 5.92 Å². The molecule has 1 saturated carbocycles. The van der Waals surface area contributed by atoms with Crippen LogP contribution in [0.4, 0.5) is 5.88 Å². The summed E-state index contributed by atoms with van der Waals surface area (Å²) >= 11 is 0. The summed E-state index contributed by atoms with van der Waals surface area (Å²) in [6.45, 7) is 6.45. The van der Waals surface area contributed by atoms with Gasteiger partial charge in [-0.1, -0.05) is 26.7 Å². The maximum atomic E-state index is 11.8. The lowest BCUT2D eigenvalue weighted by Crippen LogP contribution is -2.25. The molecule has 0 saturated heterocycles. The number of hydrogen-bond donors (Lipinski definition) is 1. The lowest BCUT2D eigenvalue weighted by molar-refractivity contribution is 0.0521. The van der Waals surface area contributed by atoms with Gasteiger partial charge in [0.25, 0.3) is 0 Å². The molecular formula is C15H24N2O3. The predicted octanol–water partition coefficient (Wildman–Crippen LogP) is 3.29. The van der Waals surface area contributed by atoms with Gasteiger partial charge in [-0.15, -0.1) is 0 Å². The summed E-state index contributed by atoms with van der Waals surface area (Å²) in [7, 11) is 0. The lowest BCUT2D eigenvalue weighted by atomic mass is 9.78. The summed E-state index contributed by atoms with van der Waals surface area (Å²) in [6.07, 6.45) is 5.45. The van der Waals surface area contributed by atoms with Crippen molar-refractivity contribution in [3.05, 3.63) is 11.6 Å². The number of aromatic nitrogens is 1. The monoisotopic (exact) mass is 280 g/mol. The van der Waals surface area contributed by atoms with E-state index in [-0.39, 0.29) is 17.0 Å². The summed E-state index contributed by atoms with van der Waals surface area (Å²) in [5.41, 5.74) is 5.86. The van der Waals surface area contributed by atoms with E-state index in [4.69, 9.17) is 14.9 Å². The molecule has 0 aliphatic heterocycles. The minimum Gasteiger partial charge on any atom is -0.461 e. The van der Waals surface area contributed by atoms with Gasteiger partial charge in [-0.25, -0.2) is 9.78 Å². The smallest absolute Gasteiger partial charge is 0.362 e. The third-order valence-electron chi connectivity index (χ3n) is 3.94. The molecule has 5 nitrogen and oxygen atoms in total. The molecule has 1 aromatic heterocycles. The minimum absolute atomic E-state index is 0.0625. The molecule has 1 fully saturated rings. The number of carbonyl (C=O) groups excluding carboxylic acids is 1. The largest absolute Gasteiger partial charge is 0.461 e. The van der Waals surface area contributed by atoms with Crippen LogP contribution in [0.15, 0.2) is 4.42 Å². The molecule has 1 heterocycles. The van der Waals surface area contributed by atoms with E-state index in [1.54, 1.807) is 6.92 Å². The molecule has 1 aliphatic carbocycles. The van der Waals surface area contributed by atoms with Gasteiger partial charge in [0.05, 0.1) is 6.61 Å². The Morgan fingerprint density at radius 2 is 2.10 bits per heavy atom. The first kappa shape index (κ1) is 14.9. The number of esters is 1. The predicted molar refractivity (Wildman–Crippen MR) is 76.5 cm³/mol. The van der Waals surface area contributed by atoms with E-state index in [0.29, 0.717) is 18.4 Å². The average molecular weight is 280 g/mol. The second kappa shape index (κ2) is 5.85. The molecule has 5 heteroatoms. The van der Waals surface area contributed by atoms with Crippen LogP contribution in [0.5, 0.6) is 0 Å². The van der Waals surface area contributed by atoms with Crippen LogP contribution in [0.1, 0.15) is 69.3 Å². The fourth-order valence-corrected chi connectivity index (χ4v) is 3.24. The quantitative estimate of drug-likeness (QED) is 0.837. The van der Waals surface area contributed by atoms with Gasteiger partial charge >= 0.3 is 5.97 Å². The van der Waals surface area contributed by atoms with Crippen LogP contribution < -0.4 is 5.73 Å². The van der Waals surface area contributed by atoms with Gasteiger partial charge in [0.15, 0.2) is 0 Å². The van der Waals surface area contributed by atoms with E-state index in [0.717, 1.165) is 19.3 Å². The zero-order valence-corrected chi connectivity index (χ0v) is 12.6. The van der Waals surface area contributed by atoms with Crippen molar-refractivity contribution in [1.82, 2.24) is 4.98 Å². The van der Waals surface area contributed by atoms with Crippen molar-refractivity contribution in [3.8, 4) is 0 Å². The SMILES string of the molecule is CCOC(=O)c1nc(C2(CC(C)C)CCCC2)oc1N. The van der Waals surface area contributed by atoms with Gasteiger partial charge in [0.1, 0.15) is 0 Å². The standard InChI is InChI=1S/C15H24N2O3/c1-4-19-13(18)11-12(16)20-14(17-11)15(9-10(2)3)7-5-6-8-15/h10H,4-9,16H2,1-3H3. The Morgan fingerprint density at radius 1 is 1.45 bits per heavy atom. The zero-order valence-electron chi connectivity index (χ0n) is 12.6. The second-order valence-corrected chi connectivity index (χ2v) is 6.04. The van der Waals surface area contributed by atoms with Gasteiger partial charge in [-0.05, 0) is 32.1 Å². The Kier molecular flexibility index (Phi) is 4.35. The number of carbonyl (C=O) groups is 1. The van der Waals surface area contributed by atoms with Gasteiger partial charge in [-0.2, -0.15) is 0 Å². The van der Waals surface area contributed by atoms with Crippen LogP contribution in [0.25, 0.3) is 0 Å². The maximum absolute atomic E-state index is 11.8. The highest BCUT2D eigenvalue weighted by Gasteiger charge is 2.41. The number of nitrogen functional groups attached to an aromatic ring is 1. The summed E-state index contributed by atoms with van der Waals surface area (Å²) in [5, 5.41) is 0. The number of ether oxygens (including phenoxy) is 1. The third kappa shape index (κ3) is 2.81. The van der Waals surface area contributed by atoms with Crippen LogP contribution in [-0.2, 0) is 10.2 Å². The van der Waals surface area contributed by atoms with Gasteiger partial charge in [0, 0.05) is 5.41 Å². The van der Waals surface area contributed by atoms with Gasteiger partial charge in [-0.3, -0.25) is 0 Å². The molecule has 0 radical (unpaired) electrons. The lowest BCUT2D eigenvalue weighted by Gasteiger charge is -2.27. The van der Waals surface area contributed by atoms with Crippen molar-refractivity contribution in [2.75, 3.05) is 12.3 Å². The Hall–Kier alpha value is -1.52. The fourth-order valence-electron chi connectivity index (χ4n) is 3.24. The van der Waals surface area contributed by atoms with Gasteiger partial charge < -0.3 is 14.9 Å². The molecule has 0 bridgehead atoms. The first-order chi connectivity index (χ1) is 9.48. The van der Waals surface area contributed by atoms with E-state index in [9.17, 15) is 4.79 Å². The highest BCUT2D eigenvalue weighted by Crippen LogP contribution is 2.45. The van der Waals surface area contributed by atoms with E-state index in [1.165, 1.54) is 12.8 Å². The molecule has 0 amide bonds. The van der Waals surface area contributed by atoms with Crippen molar-refractivity contribution in [1.29, 1.82) is 0 Å². The minimum atomic E-state index is -0.502. The van der Waals surface area contributed by atoms with Crippen molar-refractivity contribution in [2.45, 2.75) is 58.3 Å². The number of oxazole rings is 1. The summed E-state index contributed by atoms with van der Waals surface area (Å²) in [5.74, 6) is 0.739. The molecule has 0 unspecified atom stereocenters. The van der Waals surface area contributed by atoms with Crippen LogP contribution in [0.2, 0.25) is 0 Å². The molecule has 2 N–H and O–H groups in total. The Balaban J connectivity index is 2.31. The van der Waals surface area contributed by atoms with Crippen LogP contribution in [0.3, 0.4) is 0 Å². The zero-order chi connectivity index (χ0) is 14.8. The maximum Gasteiger partial charge on any atom is 0.362 e. The molecular weight excluding hydrogens is 256 g/mol. The Labute approximate surface area is 119 Å². The molecule has 0 atom stereocenters. The van der Waals surface area contributed by atoms with E-state index < -0.39 is 5.97 Å². The number of hydrogen-bond acceptors (Lipinski definition) is 5. The number of rotatable bonds is 5. The van der Waals surface area contributed by atoms with E-state index >= 15 is 0 Å². The first-order valence-corrected chi connectivity index (χ1v) is 7.42. The average Bonchev–Trinajstić information content (AvgIpc) is 2.96. The Morgan fingerprint density at radius 3 is 2.65 bits per heavy atom. The number of nitrogens with zero attached hydrogens (tertiary/aromatic N) is 1.